The summed E-state index contributed by atoms with van der Waals surface area (Å²) in [6.45, 7) is 10.0. The lowest BCUT2D eigenvalue weighted by molar-refractivity contribution is -0.0683. The number of nitrogens with zero attached hydrogens (tertiary/aromatic N) is 2. The third kappa shape index (κ3) is 4.48. The van der Waals surface area contributed by atoms with Gasteiger partial charge in [0.15, 0.2) is 0 Å². The SMILES string of the molecule is CCNC(C#N)CCN1CC(C)OC(C)C1. The Morgan fingerprint density at radius 1 is 1.44 bits per heavy atom. The first-order valence-corrected chi connectivity index (χ1v) is 6.16. The van der Waals surface area contributed by atoms with Crippen molar-refractivity contribution in [2.24, 2.45) is 0 Å². The highest BCUT2D eigenvalue weighted by atomic mass is 16.5. The quantitative estimate of drug-likeness (QED) is 0.758. The van der Waals surface area contributed by atoms with E-state index < -0.39 is 0 Å². The first-order valence-electron chi connectivity index (χ1n) is 6.16. The van der Waals surface area contributed by atoms with E-state index in [2.05, 4.69) is 30.1 Å². The third-order valence-electron chi connectivity index (χ3n) is 2.84. The summed E-state index contributed by atoms with van der Waals surface area (Å²) < 4.78 is 5.67. The molecule has 4 nitrogen and oxygen atoms in total. The molecule has 0 bridgehead atoms. The molecule has 3 unspecified atom stereocenters. The lowest BCUT2D eigenvalue weighted by atomic mass is 10.1. The average molecular weight is 225 g/mol. The highest BCUT2D eigenvalue weighted by Gasteiger charge is 2.22. The molecule has 0 radical (unpaired) electrons. The van der Waals surface area contributed by atoms with Crippen LogP contribution in [0.3, 0.4) is 0 Å². The molecule has 0 aromatic carbocycles. The smallest absolute Gasteiger partial charge is 0.0965 e. The van der Waals surface area contributed by atoms with E-state index in [1.165, 1.54) is 0 Å². The van der Waals surface area contributed by atoms with E-state index in [-0.39, 0.29) is 6.04 Å². The Balaban J connectivity index is 2.28. The lowest BCUT2D eigenvalue weighted by Crippen LogP contribution is -2.46. The summed E-state index contributed by atoms with van der Waals surface area (Å²) >= 11 is 0. The van der Waals surface area contributed by atoms with Gasteiger partial charge in [-0.1, -0.05) is 6.92 Å². The molecule has 3 atom stereocenters. The molecule has 0 aromatic heterocycles. The number of hydrogen-bond donors (Lipinski definition) is 1. The summed E-state index contributed by atoms with van der Waals surface area (Å²) in [6.07, 6.45) is 1.51. The number of nitriles is 1. The van der Waals surface area contributed by atoms with Gasteiger partial charge in [0.1, 0.15) is 0 Å². The molecule has 4 heteroatoms. The topological polar surface area (TPSA) is 48.3 Å². The Bertz CT molecular complexity index is 229. The van der Waals surface area contributed by atoms with Gasteiger partial charge in [-0.2, -0.15) is 5.26 Å². The van der Waals surface area contributed by atoms with Crippen molar-refractivity contribution < 1.29 is 4.74 Å². The van der Waals surface area contributed by atoms with Gasteiger partial charge in [0, 0.05) is 19.6 Å². The maximum absolute atomic E-state index is 8.93. The van der Waals surface area contributed by atoms with Crippen molar-refractivity contribution in [2.45, 2.75) is 45.4 Å². The van der Waals surface area contributed by atoms with Crippen molar-refractivity contribution in [2.75, 3.05) is 26.2 Å². The molecule has 0 spiro atoms. The summed E-state index contributed by atoms with van der Waals surface area (Å²) in [6, 6.07) is 2.28. The number of hydrogen-bond acceptors (Lipinski definition) is 4. The summed E-state index contributed by atoms with van der Waals surface area (Å²) in [5, 5.41) is 12.1. The van der Waals surface area contributed by atoms with Crippen LogP contribution in [-0.2, 0) is 4.74 Å². The van der Waals surface area contributed by atoms with Crippen LogP contribution in [0.25, 0.3) is 0 Å². The first kappa shape index (κ1) is 13.4. The molecular weight excluding hydrogens is 202 g/mol. The van der Waals surface area contributed by atoms with E-state index in [0.717, 1.165) is 32.6 Å². The second kappa shape index (κ2) is 6.85. The van der Waals surface area contributed by atoms with Crippen LogP contribution in [0.15, 0.2) is 0 Å². The van der Waals surface area contributed by atoms with Gasteiger partial charge in [-0.05, 0) is 26.8 Å². The Morgan fingerprint density at radius 3 is 2.56 bits per heavy atom. The van der Waals surface area contributed by atoms with E-state index in [4.69, 9.17) is 10.00 Å². The van der Waals surface area contributed by atoms with Gasteiger partial charge < -0.3 is 10.1 Å². The molecule has 16 heavy (non-hydrogen) atoms. The maximum Gasteiger partial charge on any atom is 0.0965 e. The fraction of sp³-hybridized carbons (Fsp3) is 0.917. The molecule has 1 aliphatic heterocycles. The van der Waals surface area contributed by atoms with Gasteiger partial charge in [0.05, 0.1) is 24.3 Å². The van der Waals surface area contributed by atoms with Gasteiger partial charge in [0.25, 0.3) is 0 Å². The zero-order chi connectivity index (χ0) is 12.0. The minimum absolute atomic E-state index is 0.0153. The van der Waals surface area contributed by atoms with Gasteiger partial charge in [0.2, 0.25) is 0 Å². The van der Waals surface area contributed by atoms with Crippen LogP contribution in [0.4, 0.5) is 0 Å². The summed E-state index contributed by atoms with van der Waals surface area (Å²) in [7, 11) is 0. The average Bonchev–Trinajstić information content (AvgIpc) is 2.23. The van der Waals surface area contributed by atoms with Crippen LogP contribution in [0.1, 0.15) is 27.2 Å². The summed E-state index contributed by atoms with van der Waals surface area (Å²) in [5.74, 6) is 0. The second-order valence-corrected chi connectivity index (χ2v) is 4.54. The van der Waals surface area contributed by atoms with Crippen LogP contribution in [0.2, 0.25) is 0 Å². The van der Waals surface area contributed by atoms with Crippen molar-refractivity contribution in [3.05, 3.63) is 0 Å². The number of morpholine rings is 1. The molecule has 0 saturated carbocycles. The van der Waals surface area contributed by atoms with Crippen molar-refractivity contribution in [3.8, 4) is 6.07 Å². The van der Waals surface area contributed by atoms with Crippen LogP contribution >= 0.6 is 0 Å². The molecule has 0 aromatic rings. The van der Waals surface area contributed by atoms with E-state index in [9.17, 15) is 0 Å². The molecule has 1 saturated heterocycles. The zero-order valence-electron chi connectivity index (χ0n) is 10.6. The minimum Gasteiger partial charge on any atom is -0.373 e. The molecule has 1 aliphatic rings. The monoisotopic (exact) mass is 225 g/mol. The molecule has 1 heterocycles. The number of nitrogens with one attached hydrogen (secondary N) is 1. The standard InChI is InChI=1S/C12H23N3O/c1-4-14-12(7-13)5-6-15-8-10(2)16-11(3)9-15/h10-12,14H,4-6,8-9H2,1-3H3. The van der Waals surface area contributed by atoms with E-state index in [1.54, 1.807) is 0 Å². The fourth-order valence-corrected chi connectivity index (χ4v) is 2.24. The Morgan fingerprint density at radius 2 is 2.06 bits per heavy atom. The number of ether oxygens (including phenoxy) is 1. The third-order valence-corrected chi connectivity index (χ3v) is 2.84. The minimum atomic E-state index is -0.0153. The van der Waals surface area contributed by atoms with Crippen LogP contribution in [-0.4, -0.2) is 49.3 Å². The van der Waals surface area contributed by atoms with Crippen molar-refractivity contribution in [1.82, 2.24) is 10.2 Å². The molecule has 0 amide bonds. The fourth-order valence-electron chi connectivity index (χ4n) is 2.24. The summed E-state index contributed by atoms with van der Waals surface area (Å²) in [5.41, 5.74) is 0. The van der Waals surface area contributed by atoms with Gasteiger partial charge in [-0.15, -0.1) is 0 Å². The highest BCUT2D eigenvalue weighted by molar-refractivity contribution is 4.90. The molecule has 1 fully saturated rings. The van der Waals surface area contributed by atoms with Crippen LogP contribution < -0.4 is 5.32 Å². The van der Waals surface area contributed by atoms with Crippen molar-refractivity contribution in [1.29, 1.82) is 5.26 Å². The normalized spacial score (nSPS) is 28.6. The van der Waals surface area contributed by atoms with Crippen molar-refractivity contribution >= 4 is 0 Å². The van der Waals surface area contributed by atoms with Crippen LogP contribution in [0.5, 0.6) is 0 Å². The van der Waals surface area contributed by atoms with E-state index in [0.29, 0.717) is 12.2 Å². The number of rotatable bonds is 5. The predicted molar refractivity (Wildman–Crippen MR) is 64.1 cm³/mol. The van der Waals surface area contributed by atoms with Gasteiger partial charge in [-0.25, -0.2) is 0 Å². The van der Waals surface area contributed by atoms with E-state index in [1.807, 2.05) is 6.92 Å². The van der Waals surface area contributed by atoms with Crippen molar-refractivity contribution in [3.63, 3.8) is 0 Å². The highest BCUT2D eigenvalue weighted by Crippen LogP contribution is 2.11. The molecule has 1 N–H and O–H groups in total. The maximum atomic E-state index is 8.93. The largest absolute Gasteiger partial charge is 0.373 e. The zero-order valence-corrected chi connectivity index (χ0v) is 10.6. The molecule has 92 valence electrons. The predicted octanol–water partition coefficient (Wildman–Crippen LogP) is 0.987. The lowest BCUT2D eigenvalue weighted by Gasteiger charge is -2.35. The van der Waals surface area contributed by atoms with Gasteiger partial charge in [-0.3, -0.25) is 4.90 Å². The molecular formula is C12H23N3O. The first-order chi connectivity index (χ1) is 7.65. The second-order valence-electron chi connectivity index (χ2n) is 4.54. The Hall–Kier alpha value is -0.630. The summed E-state index contributed by atoms with van der Waals surface area (Å²) in [4.78, 5) is 2.39. The molecule has 1 rings (SSSR count). The van der Waals surface area contributed by atoms with E-state index >= 15 is 0 Å². The Kier molecular flexibility index (Phi) is 5.75. The Labute approximate surface area is 98.6 Å². The van der Waals surface area contributed by atoms with Crippen LogP contribution in [0, 0.1) is 11.3 Å². The van der Waals surface area contributed by atoms with Gasteiger partial charge >= 0.3 is 0 Å². The molecule has 0 aliphatic carbocycles.